The molecule has 4 aromatic rings. The number of likely N-dealkylation sites (tertiary alicyclic amines) is 1. The average molecular weight is 974 g/mol. The van der Waals surface area contributed by atoms with Crippen LogP contribution >= 0.6 is 22.9 Å². The van der Waals surface area contributed by atoms with Gasteiger partial charge >= 0.3 is 0 Å². The Morgan fingerprint density at radius 3 is 2.22 bits per heavy atom. The van der Waals surface area contributed by atoms with E-state index in [1.807, 2.05) is 65.0 Å². The van der Waals surface area contributed by atoms with Crippen LogP contribution in [0.5, 0.6) is 11.5 Å². The number of nitrogens with one attached hydrogen (secondary N) is 3. The van der Waals surface area contributed by atoms with E-state index in [0.717, 1.165) is 21.7 Å². The number of carbonyl (C=O) groups is 4. The summed E-state index contributed by atoms with van der Waals surface area (Å²) in [4.78, 5) is 60.6. The van der Waals surface area contributed by atoms with Crippen LogP contribution in [-0.2, 0) is 25.7 Å². The summed E-state index contributed by atoms with van der Waals surface area (Å²) >= 11 is 7.77. The molecule has 6 N–H and O–H groups in total. The van der Waals surface area contributed by atoms with Crippen molar-refractivity contribution in [3.05, 3.63) is 99.6 Å². The average Bonchev–Trinajstić information content (AvgIpc) is 3.91. The van der Waals surface area contributed by atoms with Crippen LogP contribution in [0.3, 0.4) is 0 Å². The Kier molecular flexibility index (Phi) is 16.3. The van der Waals surface area contributed by atoms with Crippen LogP contribution in [-0.4, -0.2) is 118 Å². The molecular weight excluding hydrogens is 912 g/mol. The topological polar surface area (TPSA) is 233 Å². The largest absolute Gasteiger partial charge is 0.491 e. The summed E-state index contributed by atoms with van der Waals surface area (Å²) in [6.07, 6.45) is -4.00. The van der Waals surface area contributed by atoms with Gasteiger partial charge in [0.2, 0.25) is 17.7 Å². The number of halogens is 1. The van der Waals surface area contributed by atoms with Gasteiger partial charge in [-0.3, -0.25) is 19.2 Å². The van der Waals surface area contributed by atoms with E-state index >= 15 is 0 Å². The summed E-state index contributed by atoms with van der Waals surface area (Å²) in [7, 11) is 0. The third kappa shape index (κ3) is 12.0. The van der Waals surface area contributed by atoms with Crippen molar-refractivity contribution >= 4 is 46.6 Å². The summed E-state index contributed by atoms with van der Waals surface area (Å²) in [5.41, 5.74) is 3.64. The van der Waals surface area contributed by atoms with Crippen LogP contribution < -0.4 is 25.4 Å². The molecule has 1 unspecified atom stereocenters. The molecule has 16 nitrogen and oxygen atoms in total. The van der Waals surface area contributed by atoms with Gasteiger partial charge in [0.1, 0.15) is 61.2 Å². The number of aryl methyl sites for hydroxylation is 1. The van der Waals surface area contributed by atoms with Crippen molar-refractivity contribution in [2.45, 2.75) is 111 Å². The predicted molar refractivity (Wildman–Crippen MR) is 256 cm³/mol. The molecule has 1 saturated carbocycles. The minimum atomic E-state index is -1.44. The molecule has 5 atom stereocenters. The molecule has 2 fully saturated rings. The molecule has 364 valence electrons. The van der Waals surface area contributed by atoms with E-state index in [-0.39, 0.29) is 44.2 Å². The molecule has 2 heterocycles. The van der Waals surface area contributed by atoms with Gasteiger partial charge in [-0.15, -0.1) is 11.3 Å². The number of nitriles is 1. The van der Waals surface area contributed by atoms with Crippen molar-refractivity contribution in [3.63, 3.8) is 0 Å². The van der Waals surface area contributed by atoms with Crippen LogP contribution in [0.15, 0.2) is 72.2 Å². The van der Waals surface area contributed by atoms with Crippen molar-refractivity contribution in [2.24, 2.45) is 16.2 Å². The van der Waals surface area contributed by atoms with Crippen molar-refractivity contribution in [2.75, 3.05) is 26.4 Å². The molecule has 2 aliphatic rings. The van der Waals surface area contributed by atoms with Gasteiger partial charge in [0, 0.05) is 48.0 Å². The van der Waals surface area contributed by atoms with E-state index in [2.05, 4.69) is 20.9 Å². The molecule has 1 saturated heterocycles. The molecule has 1 aliphatic heterocycles. The van der Waals surface area contributed by atoms with Crippen LogP contribution in [0.2, 0.25) is 5.02 Å². The third-order valence-corrected chi connectivity index (χ3v) is 13.9. The number of hydrogen-bond acceptors (Lipinski definition) is 13. The fraction of sp³-hybridized carbons (Fsp3) is 0.480. The lowest BCUT2D eigenvalue weighted by molar-refractivity contribution is -0.164. The number of carbonyl (C=O) groups excluding carboxylic acids is 4. The van der Waals surface area contributed by atoms with Gasteiger partial charge in [-0.2, -0.15) is 5.26 Å². The predicted octanol–water partition coefficient (Wildman–Crippen LogP) is 5.18. The van der Waals surface area contributed by atoms with Crippen molar-refractivity contribution in [1.82, 2.24) is 25.8 Å². The number of aliphatic hydroxyl groups excluding tert-OH is 3. The van der Waals surface area contributed by atoms with Gasteiger partial charge in [0.05, 0.1) is 39.4 Å². The zero-order valence-corrected chi connectivity index (χ0v) is 41.1. The van der Waals surface area contributed by atoms with Gasteiger partial charge in [0.15, 0.2) is 0 Å². The molecule has 0 spiro atoms. The van der Waals surface area contributed by atoms with Gasteiger partial charge in [-0.25, -0.2) is 4.98 Å². The highest BCUT2D eigenvalue weighted by molar-refractivity contribution is 7.13. The van der Waals surface area contributed by atoms with Crippen LogP contribution in [0.25, 0.3) is 10.4 Å². The lowest BCUT2D eigenvalue weighted by Crippen LogP contribution is -2.74. The highest BCUT2D eigenvalue weighted by Crippen LogP contribution is 2.55. The quantitative estimate of drug-likeness (QED) is 0.0758. The van der Waals surface area contributed by atoms with E-state index in [0.29, 0.717) is 27.6 Å². The molecule has 0 bridgehead atoms. The van der Waals surface area contributed by atoms with Gasteiger partial charge in [0.25, 0.3) is 5.91 Å². The zero-order valence-electron chi connectivity index (χ0n) is 39.5. The Morgan fingerprint density at radius 1 is 0.971 bits per heavy atom. The molecule has 1 aliphatic carbocycles. The minimum absolute atomic E-state index is 0.0391. The number of ether oxygens (including phenoxy) is 3. The van der Waals surface area contributed by atoms with E-state index in [1.54, 1.807) is 80.1 Å². The van der Waals surface area contributed by atoms with Crippen molar-refractivity contribution in [3.8, 4) is 28.0 Å². The molecule has 0 radical (unpaired) electrons. The molecular formula is C50H61ClN6O10S. The summed E-state index contributed by atoms with van der Waals surface area (Å²) in [6, 6.07) is 18.7. The van der Waals surface area contributed by atoms with Gasteiger partial charge < -0.3 is 50.4 Å². The number of hydrogen-bond donors (Lipinski definition) is 6. The monoisotopic (exact) mass is 972 g/mol. The zero-order chi connectivity index (χ0) is 49.7. The number of aliphatic hydroxyl groups is 3. The Bertz CT molecular complexity index is 2470. The van der Waals surface area contributed by atoms with Crippen LogP contribution in [0.4, 0.5) is 0 Å². The first kappa shape index (κ1) is 51.8. The van der Waals surface area contributed by atoms with Crippen molar-refractivity contribution in [1.29, 1.82) is 5.26 Å². The number of nitrogens with zero attached hydrogens (tertiary/aromatic N) is 3. The van der Waals surface area contributed by atoms with Crippen LogP contribution in [0, 0.1) is 34.5 Å². The lowest BCUT2D eigenvalue weighted by atomic mass is 9.49. The number of rotatable bonds is 18. The molecule has 1 aromatic heterocycles. The summed E-state index contributed by atoms with van der Waals surface area (Å²) < 4.78 is 17.4. The maximum Gasteiger partial charge on any atom is 0.251 e. The maximum atomic E-state index is 14.0. The number of thiazole rings is 1. The molecule has 3 aromatic carbocycles. The molecule has 4 amide bonds. The highest BCUT2D eigenvalue weighted by atomic mass is 35.5. The summed E-state index contributed by atoms with van der Waals surface area (Å²) in [6.45, 7) is 14.1. The molecule has 18 heteroatoms. The summed E-state index contributed by atoms with van der Waals surface area (Å²) in [5.74, 6) is -1.05. The Hall–Kier alpha value is -5.61. The van der Waals surface area contributed by atoms with Crippen LogP contribution in [0.1, 0.15) is 82.1 Å². The first-order valence-electron chi connectivity index (χ1n) is 22.4. The standard InChI is InChI=1S/C50H61ClN6O10S/c1-28-41(68-27-54-28)30-11-9-29(10-12-30)22-53-44(63)37-19-33(58)23-57(37)45(64)42(48(2,3)4)55-40(61)26-65-24-38(59)39(60)25-66-34-16-13-31(14-17-34)43(62)56-46-49(5,6)47(50(46,7)8)67-35-18-15-32(21-52)36(51)20-35/h9-18,20,27,33,37-39,42,46-47,58-60H,19,22-26H2,1-8H3,(H,53,63)(H,55,61)(H,56,62)/t33-,37+,38+,39+,42?,46-,47-/m1/s1. The Balaban J connectivity index is 0.930. The summed E-state index contributed by atoms with van der Waals surface area (Å²) in [5, 5.41) is 50.0. The number of β-amino-alcohol motifs (C(OH)–C–C–N with tert-alkyl or cyclic N) is 1. The lowest BCUT2D eigenvalue weighted by Gasteiger charge is -2.63. The Labute approximate surface area is 406 Å². The molecule has 6 rings (SSSR count). The SMILES string of the molecule is Cc1ncsc1-c1ccc(CNC(=O)[C@@H]2C[C@@H](O)CN2C(=O)C(NC(=O)COC[C@H](O)[C@@H](O)COc2ccc(C(=O)N[C@H]3C(C)(C)[C@H](Oc4ccc(C#N)c(Cl)c4)C3(C)C)cc2)C(C)(C)C)cc1. The smallest absolute Gasteiger partial charge is 0.251 e. The van der Waals surface area contributed by atoms with Crippen molar-refractivity contribution < 1.29 is 48.7 Å². The first-order valence-corrected chi connectivity index (χ1v) is 23.7. The van der Waals surface area contributed by atoms with Gasteiger partial charge in [-0.05, 0) is 59.9 Å². The third-order valence-electron chi connectivity index (χ3n) is 12.6. The Morgan fingerprint density at radius 2 is 1.62 bits per heavy atom. The second-order valence-electron chi connectivity index (χ2n) is 19.7. The fourth-order valence-electron chi connectivity index (χ4n) is 9.17. The highest BCUT2D eigenvalue weighted by Gasteiger charge is 2.64. The second-order valence-corrected chi connectivity index (χ2v) is 21.0. The normalized spacial score (nSPS) is 20.8. The van der Waals surface area contributed by atoms with E-state index < -0.39 is 77.6 Å². The van der Waals surface area contributed by atoms with E-state index in [4.69, 9.17) is 25.8 Å². The molecule has 68 heavy (non-hydrogen) atoms. The van der Waals surface area contributed by atoms with E-state index in [1.165, 1.54) is 4.90 Å². The first-order chi connectivity index (χ1) is 32.0. The van der Waals surface area contributed by atoms with E-state index in [9.17, 15) is 39.8 Å². The second kappa shape index (κ2) is 21.4. The number of benzene rings is 3. The maximum absolute atomic E-state index is 14.0. The fourth-order valence-corrected chi connectivity index (χ4v) is 10.2. The number of amides is 4. The van der Waals surface area contributed by atoms with Gasteiger partial charge in [-0.1, -0.05) is 84.3 Å². The minimum Gasteiger partial charge on any atom is -0.491 e. The number of aromatic nitrogens is 1.